The van der Waals surface area contributed by atoms with Gasteiger partial charge in [-0.2, -0.15) is 0 Å². The van der Waals surface area contributed by atoms with Crippen LogP contribution in [0.5, 0.6) is 5.75 Å². The Kier molecular flexibility index (Phi) is 4.84. The fraction of sp³-hybridized carbons (Fsp3) is 0.375. The van der Waals surface area contributed by atoms with Crippen molar-refractivity contribution in [3.05, 3.63) is 38.8 Å². The molecule has 2 aliphatic rings. The summed E-state index contributed by atoms with van der Waals surface area (Å²) >= 11 is 1.24. The van der Waals surface area contributed by atoms with Crippen molar-refractivity contribution in [2.24, 2.45) is 4.99 Å². The zero-order valence-corrected chi connectivity index (χ0v) is 13.7. The molecule has 0 atom stereocenters. The first-order valence-corrected chi connectivity index (χ1v) is 8.60. The first-order valence-electron chi connectivity index (χ1n) is 7.79. The van der Waals surface area contributed by atoms with Gasteiger partial charge in [-0.25, -0.2) is 0 Å². The minimum atomic E-state index is -0.658. The molecular weight excluding hydrogens is 330 g/mol. The van der Waals surface area contributed by atoms with Crippen molar-refractivity contribution in [2.75, 3.05) is 0 Å². The number of rotatable bonds is 3. The van der Waals surface area contributed by atoms with Crippen LogP contribution in [0.2, 0.25) is 0 Å². The van der Waals surface area contributed by atoms with E-state index in [-0.39, 0.29) is 17.6 Å². The van der Waals surface area contributed by atoms with Crippen LogP contribution in [0.15, 0.2) is 28.1 Å². The molecule has 1 heterocycles. The van der Waals surface area contributed by atoms with Gasteiger partial charge in [-0.1, -0.05) is 25.3 Å². The van der Waals surface area contributed by atoms with E-state index in [4.69, 9.17) is 0 Å². The number of benzene rings is 1. The zero-order chi connectivity index (χ0) is 17.1. The highest BCUT2D eigenvalue weighted by atomic mass is 32.2. The van der Waals surface area contributed by atoms with Crippen LogP contribution in [0.25, 0.3) is 6.08 Å². The number of nitro groups is 1. The topological polar surface area (TPSA) is 105 Å². The Morgan fingerprint density at radius 2 is 2.08 bits per heavy atom. The van der Waals surface area contributed by atoms with Crippen molar-refractivity contribution in [1.29, 1.82) is 0 Å². The summed E-state index contributed by atoms with van der Waals surface area (Å²) in [7, 11) is 0. The van der Waals surface area contributed by atoms with E-state index < -0.39 is 10.7 Å². The number of carbonyl (C=O) groups excluding carboxylic acids is 1. The van der Waals surface area contributed by atoms with Crippen LogP contribution < -0.4 is 5.32 Å². The van der Waals surface area contributed by atoms with Crippen LogP contribution in [0.4, 0.5) is 5.69 Å². The Morgan fingerprint density at radius 3 is 2.79 bits per heavy atom. The van der Waals surface area contributed by atoms with Gasteiger partial charge in [-0.15, -0.1) is 0 Å². The van der Waals surface area contributed by atoms with E-state index in [1.165, 1.54) is 49.2 Å². The highest BCUT2D eigenvalue weighted by molar-refractivity contribution is 8.18. The van der Waals surface area contributed by atoms with Crippen molar-refractivity contribution < 1.29 is 14.8 Å². The summed E-state index contributed by atoms with van der Waals surface area (Å²) in [4.78, 5) is 27.3. The van der Waals surface area contributed by atoms with Gasteiger partial charge in [0.15, 0.2) is 10.9 Å². The normalized spacial score (nSPS) is 22.1. The highest BCUT2D eigenvalue weighted by Crippen LogP contribution is 2.31. The minimum absolute atomic E-state index is 0.259. The molecule has 0 bridgehead atoms. The molecule has 0 unspecified atom stereocenters. The number of amides is 1. The Labute approximate surface area is 143 Å². The maximum Gasteiger partial charge on any atom is 0.311 e. The van der Waals surface area contributed by atoms with Gasteiger partial charge in [-0.05, 0) is 42.3 Å². The maximum atomic E-state index is 12.1. The number of nitrogens with one attached hydrogen (secondary N) is 1. The van der Waals surface area contributed by atoms with E-state index in [2.05, 4.69) is 10.3 Å². The van der Waals surface area contributed by atoms with E-state index >= 15 is 0 Å². The quantitative estimate of drug-likeness (QED) is 0.496. The third-order valence-corrected chi connectivity index (χ3v) is 4.94. The fourth-order valence-electron chi connectivity index (χ4n) is 2.79. The number of nitrogens with zero attached hydrogens (tertiary/aromatic N) is 2. The van der Waals surface area contributed by atoms with Gasteiger partial charge in [0.25, 0.3) is 5.91 Å². The van der Waals surface area contributed by atoms with Crippen LogP contribution in [0.3, 0.4) is 0 Å². The van der Waals surface area contributed by atoms with Crippen molar-refractivity contribution >= 4 is 34.6 Å². The van der Waals surface area contributed by atoms with Crippen LogP contribution in [0, 0.1) is 10.1 Å². The largest absolute Gasteiger partial charge is 0.502 e. The monoisotopic (exact) mass is 347 g/mol. The average molecular weight is 347 g/mol. The molecular formula is C16H17N3O4S. The summed E-state index contributed by atoms with van der Waals surface area (Å²) in [6.07, 6.45) is 7.23. The number of hydrogen-bond donors (Lipinski definition) is 2. The fourth-order valence-corrected chi connectivity index (χ4v) is 3.68. The van der Waals surface area contributed by atoms with Gasteiger partial charge in [0, 0.05) is 6.07 Å². The lowest BCUT2D eigenvalue weighted by Gasteiger charge is -2.17. The number of phenolic OH excluding ortho intramolecular Hbond substituents is 1. The van der Waals surface area contributed by atoms with E-state index in [0.29, 0.717) is 15.6 Å². The predicted molar refractivity (Wildman–Crippen MR) is 92.8 cm³/mol. The second-order valence-electron chi connectivity index (χ2n) is 5.80. The molecule has 2 fully saturated rings. The van der Waals surface area contributed by atoms with Crippen molar-refractivity contribution in [2.45, 2.75) is 38.1 Å². The number of aromatic hydroxyl groups is 1. The van der Waals surface area contributed by atoms with Gasteiger partial charge < -0.3 is 10.4 Å². The summed E-state index contributed by atoms with van der Waals surface area (Å²) < 4.78 is 0. The van der Waals surface area contributed by atoms with E-state index in [1.807, 2.05) is 0 Å². The Bertz CT molecular complexity index is 739. The van der Waals surface area contributed by atoms with Crippen molar-refractivity contribution in [1.82, 2.24) is 5.32 Å². The number of aliphatic imine (C=N–C) groups is 1. The zero-order valence-electron chi connectivity index (χ0n) is 12.9. The molecule has 1 aliphatic carbocycles. The average Bonchev–Trinajstić information content (AvgIpc) is 2.89. The van der Waals surface area contributed by atoms with E-state index in [1.54, 1.807) is 6.08 Å². The second-order valence-corrected chi connectivity index (χ2v) is 6.83. The third kappa shape index (κ3) is 3.76. The second kappa shape index (κ2) is 7.04. The highest BCUT2D eigenvalue weighted by Gasteiger charge is 2.25. The lowest BCUT2D eigenvalue weighted by Crippen LogP contribution is -2.22. The number of hydrogen-bond acceptors (Lipinski definition) is 6. The molecule has 0 spiro atoms. The van der Waals surface area contributed by atoms with Gasteiger partial charge in [0.05, 0.1) is 15.9 Å². The number of amidine groups is 1. The van der Waals surface area contributed by atoms with E-state index in [0.717, 1.165) is 12.8 Å². The lowest BCUT2D eigenvalue weighted by molar-refractivity contribution is -0.385. The SMILES string of the molecule is O=C1NC(=NC2CCCCC2)S/C1=C\c1ccc(O)c([N+](=O)[O-])c1. The molecule has 1 aromatic rings. The molecule has 1 saturated carbocycles. The molecule has 2 N–H and O–H groups in total. The maximum absolute atomic E-state index is 12.1. The standard InChI is InChI=1S/C16H17N3O4S/c20-13-7-6-10(8-12(13)19(22)23)9-14-15(21)18-16(24-14)17-11-4-2-1-3-5-11/h6-9,11,20H,1-5H2,(H,17,18,21)/b14-9-. The van der Waals surface area contributed by atoms with Crippen LogP contribution in [-0.2, 0) is 4.79 Å². The smallest absolute Gasteiger partial charge is 0.311 e. The molecule has 0 aromatic heterocycles. The molecule has 0 radical (unpaired) electrons. The predicted octanol–water partition coefficient (Wildman–Crippen LogP) is 3.19. The van der Waals surface area contributed by atoms with Crippen molar-refractivity contribution in [3.63, 3.8) is 0 Å². The van der Waals surface area contributed by atoms with Crippen LogP contribution in [0.1, 0.15) is 37.7 Å². The molecule has 126 valence electrons. The Balaban J connectivity index is 1.78. The summed E-state index contributed by atoms with van der Waals surface area (Å²) in [6, 6.07) is 4.28. The number of phenols is 1. The summed E-state index contributed by atoms with van der Waals surface area (Å²) in [5, 5.41) is 23.7. The summed E-state index contributed by atoms with van der Waals surface area (Å²) in [6.45, 7) is 0. The molecule has 1 amide bonds. The number of carbonyl (C=O) groups is 1. The van der Waals surface area contributed by atoms with E-state index in [9.17, 15) is 20.0 Å². The van der Waals surface area contributed by atoms with Gasteiger partial charge in [-0.3, -0.25) is 19.9 Å². The summed E-state index contributed by atoms with van der Waals surface area (Å²) in [5.74, 6) is -0.657. The van der Waals surface area contributed by atoms with Gasteiger partial charge >= 0.3 is 5.69 Å². The molecule has 1 aliphatic heterocycles. The van der Waals surface area contributed by atoms with Crippen molar-refractivity contribution in [3.8, 4) is 5.75 Å². The molecule has 1 saturated heterocycles. The summed E-state index contributed by atoms with van der Waals surface area (Å²) in [5.41, 5.74) is 0.0971. The molecule has 3 rings (SSSR count). The minimum Gasteiger partial charge on any atom is -0.502 e. The van der Waals surface area contributed by atoms with Gasteiger partial charge in [0.1, 0.15) is 0 Å². The first-order chi connectivity index (χ1) is 11.5. The molecule has 7 nitrogen and oxygen atoms in total. The van der Waals surface area contributed by atoms with Gasteiger partial charge in [0.2, 0.25) is 0 Å². The third-order valence-electron chi connectivity index (χ3n) is 4.02. The lowest BCUT2D eigenvalue weighted by atomic mass is 9.96. The first kappa shape index (κ1) is 16.5. The molecule has 8 heteroatoms. The van der Waals surface area contributed by atoms with Crippen LogP contribution >= 0.6 is 11.8 Å². The number of nitro benzene ring substituents is 1. The Morgan fingerprint density at radius 1 is 1.33 bits per heavy atom. The molecule has 1 aromatic carbocycles. The van der Waals surface area contributed by atoms with Crippen LogP contribution in [-0.4, -0.2) is 27.1 Å². The molecule has 24 heavy (non-hydrogen) atoms. The Hall–Kier alpha value is -2.35. The number of thioether (sulfide) groups is 1.